The molecule has 182 valence electrons. The molecule has 4 aromatic rings. The fourth-order valence-electron chi connectivity index (χ4n) is 5.56. The first-order valence-corrected chi connectivity index (χ1v) is 12.9. The number of hydrogen-bond donors (Lipinski definition) is 0. The third-order valence-electron chi connectivity index (χ3n) is 7.33. The Morgan fingerprint density at radius 3 is 1.44 bits per heavy atom. The average molecular weight is 576 g/mol. The van der Waals surface area contributed by atoms with E-state index in [-0.39, 0.29) is 26.2 Å². The molecular weight excluding hydrogens is 552 g/mol. The molecule has 4 aliphatic rings. The molecule has 4 aliphatic carbocycles. The predicted octanol–water partition coefficient (Wildman–Crippen LogP) is 8.10. The topological polar surface area (TPSA) is 25.8 Å². The molecule has 2 atom stereocenters. The minimum Gasteiger partial charge on any atom is -0.266 e. The van der Waals surface area contributed by atoms with Crippen LogP contribution in [0.5, 0.6) is 0 Å². The molecule has 2 nitrogen and oxygen atoms in total. The second-order valence-electron chi connectivity index (χ2n) is 9.57. The van der Waals surface area contributed by atoms with Gasteiger partial charge >= 0.3 is 26.2 Å². The van der Waals surface area contributed by atoms with E-state index in [1.165, 1.54) is 44.5 Å². The van der Waals surface area contributed by atoms with Crippen LogP contribution in [0.15, 0.2) is 145 Å². The van der Waals surface area contributed by atoms with E-state index >= 15 is 0 Å². The van der Waals surface area contributed by atoms with Gasteiger partial charge in [0, 0.05) is 23.8 Å². The molecule has 3 heteroatoms. The van der Waals surface area contributed by atoms with Gasteiger partial charge in [0.25, 0.3) is 0 Å². The molecule has 2 aromatic carbocycles. The maximum Gasteiger partial charge on any atom is 2.00 e. The Kier molecular flexibility index (Phi) is 7.18. The largest absolute Gasteiger partial charge is 2.00 e. The van der Waals surface area contributed by atoms with Crippen LogP contribution in [0.1, 0.15) is 34.1 Å². The van der Waals surface area contributed by atoms with Gasteiger partial charge in [-0.15, -0.1) is 82.0 Å². The van der Waals surface area contributed by atoms with Crippen molar-refractivity contribution < 1.29 is 26.2 Å². The van der Waals surface area contributed by atoms with Crippen LogP contribution in [0.2, 0.25) is 0 Å². The Hall–Kier alpha value is -3.94. The first-order chi connectivity index (χ1) is 18.9. The van der Waals surface area contributed by atoms with Gasteiger partial charge in [0.05, 0.1) is 0 Å². The molecule has 0 N–H and O–H groups in total. The molecule has 0 aliphatic heterocycles. The Bertz CT molecular complexity index is 1580. The van der Waals surface area contributed by atoms with Gasteiger partial charge in [-0.05, 0) is 36.1 Å². The Balaban J connectivity index is 0.000000138. The molecule has 0 spiro atoms. The van der Waals surface area contributed by atoms with Gasteiger partial charge in [-0.25, -0.2) is 0 Å². The SMILES string of the molecule is [C-]1=C2C=CC=CC2c2cccc(-c3ccccn3)c21.[C-]1=C2C=CC=CC2c2cccc(-c3ccccn3)c21.[Zr+2]. The van der Waals surface area contributed by atoms with Crippen LogP contribution in [0.3, 0.4) is 0 Å². The summed E-state index contributed by atoms with van der Waals surface area (Å²) in [4.78, 5) is 8.92. The van der Waals surface area contributed by atoms with Crippen molar-refractivity contribution in [2.75, 3.05) is 0 Å². The van der Waals surface area contributed by atoms with Gasteiger partial charge < -0.3 is 0 Å². The second-order valence-corrected chi connectivity index (χ2v) is 9.57. The average Bonchev–Trinajstić information content (AvgIpc) is 3.57. The van der Waals surface area contributed by atoms with Crippen molar-refractivity contribution in [1.82, 2.24) is 9.97 Å². The molecule has 0 saturated carbocycles. The van der Waals surface area contributed by atoms with Crippen molar-refractivity contribution in [3.63, 3.8) is 0 Å². The Morgan fingerprint density at radius 1 is 0.513 bits per heavy atom. The summed E-state index contributed by atoms with van der Waals surface area (Å²) in [5.41, 5.74) is 11.9. The van der Waals surface area contributed by atoms with E-state index in [9.17, 15) is 0 Å². The molecule has 39 heavy (non-hydrogen) atoms. The molecule has 2 unspecified atom stereocenters. The van der Waals surface area contributed by atoms with Gasteiger partial charge in [0.15, 0.2) is 0 Å². The molecule has 0 fully saturated rings. The Labute approximate surface area is 248 Å². The van der Waals surface area contributed by atoms with Gasteiger partial charge in [-0.3, -0.25) is 9.97 Å². The number of allylic oxidation sites excluding steroid dienone is 10. The van der Waals surface area contributed by atoms with Crippen LogP contribution < -0.4 is 0 Å². The molecular formula is C36H24N2Zr. The molecule has 0 saturated heterocycles. The van der Waals surface area contributed by atoms with Gasteiger partial charge in [0.2, 0.25) is 0 Å². The van der Waals surface area contributed by atoms with Gasteiger partial charge in [-0.2, -0.15) is 0 Å². The summed E-state index contributed by atoms with van der Waals surface area (Å²) >= 11 is 0. The fourth-order valence-corrected chi connectivity index (χ4v) is 5.56. The van der Waals surface area contributed by atoms with E-state index in [1.54, 1.807) is 0 Å². The predicted molar refractivity (Wildman–Crippen MR) is 153 cm³/mol. The normalized spacial score (nSPS) is 18.5. The van der Waals surface area contributed by atoms with Crippen LogP contribution >= 0.6 is 0 Å². The monoisotopic (exact) mass is 574 g/mol. The van der Waals surface area contributed by atoms with Gasteiger partial charge in [-0.1, -0.05) is 71.8 Å². The smallest absolute Gasteiger partial charge is 0.266 e. The molecule has 0 radical (unpaired) electrons. The summed E-state index contributed by atoms with van der Waals surface area (Å²) in [6.45, 7) is 0. The van der Waals surface area contributed by atoms with Crippen LogP contribution in [0.4, 0.5) is 0 Å². The van der Waals surface area contributed by atoms with E-state index in [0.717, 1.165) is 11.4 Å². The number of nitrogens with zero attached hydrogens (tertiary/aromatic N) is 2. The quantitative estimate of drug-likeness (QED) is 0.226. The van der Waals surface area contributed by atoms with E-state index in [4.69, 9.17) is 0 Å². The molecule has 2 aromatic heterocycles. The fraction of sp³-hybridized carbons (Fsp3) is 0.0556. The third-order valence-corrected chi connectivity index (χ3v) is 7.33. The summed E-state index contributed by atoms with van der Waals surface area (Å²) in [6, 6.07) is 24.9. The minimum absolute atomic E-state index is 0. The summed E-state index contributed by atoms with van der Waals surface area (Å²) in [6.07, 6.45) is 27.9. The summed E-state index contributed by atoms with van der Waals surface area (Å²) < 4.78 is 0. The molecule has 2 heterocycles. The number of benzene rings is 2. The first kappa shape index (κ1) is 25.3. The van der Waals surface area contributed by atoms with Crippen LogP contribution in [0.25, 0.3) is 22.5 Å². The molecule has 0 amide bonds. The standard InChI is InChI=1S/2C18H12N.Zr/c2*1-2-7-14-13(6-1)12-17-15(14)8-5-9-16(17)18-10-3-4-11-19-18;/h2*1-11,14H;/q2*-1;+2. The van der Waals surface area contributed by atoms with E-state index in [0.29, 0.717) is 11.8 Å². The zero-order valence-corrected chi connectivity index (χ0v) is 23.7. The molecule has 8 rings (SSSR count). The van der Waals surface area contributed by atoms with Crippen molar-refractivity contribution in [2.24, 2.45) is 0 Å². The number of hydrogen-bond acceptors (Lipinski definition) is 2. The summed E-state index contributed by atoms with van der Waals surface area (Å²) in [5.74, 6) is 0.729. The number of rotatable bonds is 2. The third kappa shape index (κ3) is 4.73. The van der Waals surface area contributed by atoms with E-state index in [2.05, 4.69) is 119 Å². The summed E-state index contributed by atoms with van der Waals surface area (Å²) in [7, 11) is 0. The van der Waals surface area contributed by atoms with E-state index in [1.807, 2.05) is 36.7 Å². The zero-order valence-electron chi connectivity index (χ0n) is 21.3. The van der Waals surface area contributed by atoms with Crippen LogP contribution in [-0.4, -0.2) is 9.97 Å². The van der Waals surface area contributed by atoms with Crippen molar-refractivity contribution in [2.45, 2.75) is 11.8 Å². The maximum absolute atomic E-state index is 4.46. The number of pyridine rings is 2. The number of aromatic nitrogens is 2. The van der Waals surface area contributed by atoms with Crippen molar-refractivity contribution in [3.05, 3.63) is 179 Å². The van der Waals surface area contributed by atoms with Crippen molar-refractivity contribution >= 4 is 0 Å². The van der Waals surface area contributed by atoms with E-state index < -0.39 is 0 Å². The minimum atomic E-state index is 0. The Morgan fingerprint density at radius 2 is 1.00 bits per heavy atom. The first-order valence-electron chi connectivity index (χ1n) is 12.9. The van der Waals surface area contributed by atoms with Crippen LogP contribution in [0, 0.1) is 12.2 Å². The van der Waals surface area contributed by atoms with Gasteiger partial charge in [0.1, 0.15) is 0 Å². The zero-order chi connectivity index (χ0) is 25.3. The maximum atomic E-state index is 4.46. The number of fused-ring (bicyclic) bond motifs is 6. The van der Waals surface area contributed by atoms with Crippen molar-refractivity contribution in [3.8, 4) is 22.5 Å². The van der Waals surface area contributed by atoms with Crippen LogP contribution in [-0.2, 0) is 26.2 Å². The second kappa shape index (κ2) is 11.0. The van der Waals surface area contributed by atoms with Crippen molar-refractivity contribution in [1.29, 1.82) is 0 Å². The summed E-state index contributed by atoms with van der Waals surface area (Å²) in [5, 5.41) is 0. The molecule has 0 bridgehead atoms.